The molecule has 0 saturated carbocycles. The van der Waals surface area contributed by atoms with E-state index in [2.05, 4.69) is 66.3 Å². The SMILES string of the molecule is CCc1cc(C(CC2Cc3ccccc32)NC)n(CC)n1. The lowest BCUT2D eigenvalue weighted by Gasteiger charge is -2.33. The smallest absolute Gasteiger partial charge is 0.0625 e. The largest absolute Gasteiger partial charge is 0.312 e. The molecule has 0 amide bonds. The Kier molecular flexibility index (Phi) is 4.11. The molecule has 0 bridgehead atoms. The maximum atomic E-state index is 4.69. The van der Waals surface area contributed by atoms with Gasteiger partial charge in [0.2, 0.25) is 0 Å². The van der Waals surface area contributed by atoms with Crippen molar-refractivity contribution in [2.24, 2.45) is 0 Å². The zero-order chi connectivity index (χ0) is 14.8. The second-order valence-electron chi connectivity index (χ2n) is 5.91. The highest BCUT2D eigenvalue weighted by molar-refractivity contribution is 5.40. The topological polar surface area (TPSA) is 29.9 Å². The van der Waals surface area contributed by atoms with E-state index in [1.54, 1.807) is 0 Å². The third-order valence-electron chi connectivity index (χ3n) is 4.71. The molecule has 3 heteroatoms. The summed E-state index contributed by atoms with van der Waals surface area (Å²) in [6.07, 6.45) is 3.38. The van der Waals surface area contributed by atoms with E-state index >= 15 is 0 Å². The van der Waals surface area contributed by atoms with Crippen molar-refractivity contribution in [2.45, 2.75) is 51.6 Å². The van der Waals surface area contributed by atoms with Gasteiger partial charge in [-0.25, -0.2) is 0 Å². The van der Waals surface area contributed by atoms with Crippen molar-refractivity contribution in [3.63, 3.8) is 0 Å². The molecular weight excluding hydrogens is 258 g/mol. The lowest BCUT2D eigenvalue weighted by molar-refractivity contribution is 0.425. The number of hydrogen-bond donors (Lipinski definition) is 1. The molecule has 0 radical (unpaired) electrons. The molecule has 1 aliphatic rings. The quantitative estimate of drug-likeness (QED) is 0.880. The minimum atomic E-state index is 0.385. The van der Waals surface area contributed by atoms with E-state index in [0.717, 1.165) is 19.4 Å². The van der Waals surface area contributed by atoms with Crippen LogP contribution in [0.4, 0.5) is 0 Å². The number of fused-ring (bicyclic) bond motifs is 1. The molecule has 1 N–H and O–H groups in total. The van der Waals surface area contributed by atoms with Gasteiger partial charge >= 0.3 is 0 Å². The lowest BCUT2D eigenvalue weighted by Crippen LogP contribution is -2.26. The number of nitrogens with zero attached hydrogens (tertiary/aromatic N) is 2. The van der Waals surface area contributed by atoms with Crippen LogP contribution >= 0.6 is 0 Å². The van der Waals surface area contributed by atoms with Crippen molar-refractivity contribution in [2.75, 3.05) is 7.05 Å². The number of aromatic nitrogens is 2. The molecule has 2 atom stereocenters. The van der Waals surface area contributed by atoms with E-state index < -0.39 is 0 Å². The molecule has 0 spiro atoms. The van der Waals surface area contributed by atoms with Gasteiger partial charge in [0.15, 0.2) is 0 Å². The highest BCUT2D eigenvalue weighted by Gasteiger charge is 2.29. The molecule has 3 nitrogen and oxygen atoms in total. The third kappa shape index (κ3) is 2.62. The summed E-state index contributed by atoms with van der Waals surface area (Å²) in [7, 11) is 2.06. The Bertz CT molecular complexity index is 615. The summed E-state index contributed by atoms with van der Waals surface area (Å²) in [6, 6.07) is 11.5. The summed E-state index contributed by atoms with van der Waals surface area (Å²) in [4.78, 5) is 0. The molecule has 1 heterocycles. The van der Waals surface area contributed by atoms with Crippen molar-refractivity contribution in [3.05, 3.63) is 52.8 Å². The van der Waals surface area contributed by atoms with Gasteiger partial charge in [0.25, 0.3) is 0 Å². The van der Waals surface area contributed by atoms with Gasteiger partial charge in [-0.05, 0) is 56.3 Å². The number of nitrogens with one attached hydrogen (secondary N) is 1. The monoisotopic (exact) mass is 283 g/mol. The Labute approximate surface area is 127 Å². The molecule has 21 heavy (non-hydrogen) atoms. The first kappa shape index (κ1) is 14.3. The van der Waals surface area contributed by atoms with Gasteiger partial charge in [0.1, 0.15) is 0 Å². The van der Waals surface area contributed by atoms with E-state index in [1.807, 2.05) is 0 Å². The Morgan fingerprint density at radius 3 is 2.81 bits per heavy atom. The zero-order valence-electron chi connectivity index (χ0n) is 13.3. The molecular formula is C18H25N3. The standard InChI is InChI=1S/C18H25N3/c1-4-15-12-18(21(5-2)20-15)17(19-3)11-14-10-13-8-6-7-9-16(13)14/h6-9,12,14,17,19H,4-5,10-11H2,1-3H3. The van der Waals surface area contributed by atoms with Crippen molar-refractivity contribution >= 4 is 0 Å². The molecule has 1 aromatic carbocycles. The van der Waals surface area contributed by atoms with Crippen LogP contribution in [0.1, 0.15) is 54.7 Å². The van der Waals surface area contributed by atoms with Gasteiger partial charge < -0.3 is 5.32 Å². The second-order valence-corrected chi connectivity index (χ2v) is 5.91. The average Bonchev–Trinajstić information content (AvgIpc) is 2.92. The number of rotatable bonds is 6. The van der Waals surface area contributed by atoms with Crippen LogP contribution in [0.15, 0.2) is 30.3 Å². The van der Waals surface area contributed by atoms with Crippen LogP contribution in [0.5, 0.6) is 0 Å². The molecule has 0 fully saturated rings. The molecule has 2 unspecified atom stereocenters. The van der Waals surface area contributed by atoms with Crippen molar-refractivity contribution in [3.8, 4) is 0 Å². The van der Waals surface area contributed by atoms with E-state index in [-0.39, 0.29) is 0 Å². The number of aryl methyl sites for hydroxylation is 2. The van der Waals surface area contributed by atoms with E-state index in [9.17, 15) is 0 Å². The maximum absolute atomic E-state index is 4.69. The summed E-state index contributed by atoms with van der Waals surface area (Å²) >= 11 is 0. The van der Waals surface area contributed by atoms with Crippen LogP contribution in [-0.4, -0.2) is 16.8 Å². The van der Waals surface area contributed by atoms with Gasteiger partial charge in [-0.15, -0.1) is 0 Å². The second kappa shape index (κ2) is 6.02. The average molecular weight is 283 g/mol. The van der Waals surface area contributed by atoms with E-state index in [1.165, 1.54) is 28.9 Å². The zero-order valence-corrected chi connectivity index (χ0v) is 13.3. The predicted octanol–water partition coefficient (Wildman–Crippen LogP) is 3.46. The fourth-order valence-corrected chi connectivity index (χ4v) is 3.44. The van der Waals surface area contributed by atoms with Gasteiger partial charge in [-0.2, -0.15) is 5.10 Å². The molecule has 3 rings (SSSR count). The molecule has 2 aromatic rings. The van der Waals surface area contributed by atoms with Crippen LogP contribution in [0.25, 0.3) is 0 Å². The Balaban J connectivity index is 1.79. The molecule has 112 valence electrons. The fraction of sp³-hybridized carbons (Fsp3) is 0.500. The Morgan fingerprint density at radius 2 is 2.14 bits per heavy atom. The van der Waals surface area contributed by atoms with Crippen molar-refractivity contribution in [1.29, 1.82) is 0 Å². The van der Waals surface area contributed by atoms with Gasteiger partial charge in [0.05, 0.1) is 11.4 Å². The minimum Gasteiger partial charge on any atom is -0.312 e. The van der Waals surface area contributed by atoms with Gasteiger partial charge in [0, 0.05) is 12.6 Å². The first-order valence-electron chi connectivity index (χ1n) is 8.08. The summed E-state index contributed by atoms with van der Waals surface area (Å²) in [5.41, 5.74) is 5.59. The number of benzene rings is 1. The van der Waals surface area contributed by atoms with Crippen molar-refractivity contribution in [1.82, 2.24) is 15.1 Å². The van der Waals surface area contributed by atoms with Crippen LogP contribution < -0.4 is 5.32 Å². The number of hydrogen-bond acceptors (Lipinski definition) is 2. The van der Waals surface area contributed by atoms with Crippen LogP contribution in [-0.2, 0) is 19.4 Å². The third-order valence-corrected chi connectivity index (χ3v) is 4.71. The summed E-state index contributed by atoms with van der Waals surface area (Å²) in [5, 5.41) is 8.19. The summed E-state index contributed by atoms with van der Waals surface area (Å²) in [5.74, 6) is 0.684. The van der Waals surface area contributed by atoms with Crippen LogP contribution in [0, 0.1) is 0 Å². The summed E-state index contributed by atoms with van der Waals surface area (Å²) in [6.45, 7) is 5.28. The van der Waals surface area contributed by atoms with E-state index in [4.69, 9.17) is 0 Å². The molecule has 0 saturated heterocycles. The maximum Gasteiger partial charge on any atom is 0.0625 e. The van der Waals surface area contributed by atoms with Crippen LogP contribution in [0.3, 0.4) is 0 Å². The fourth-order valence-electron chi connectivity index (χ4n) is 3.44. The minimum absolute atomic E-state index is 0.385. The van der Waals surface area contributed by atoms with Crippen LogP contribution in [0.2, 0.25) is 0 Å². The first-order chi connectivity index (χ1) is 10.3. The summed E-state index contributed by atoms with van der Waals surface area (Å²) < 4.78 is 2.16. The lowest BCUT2D eigenvalue weighted by atomic mass is 9.74. The van der Waals surface area contributed by atoms with Gasteiger partial charge in [-0.3, -0.25) is 4.68 Å². The highest BCUT2D eigenvalue weighted by Crippen LogP contribution is 2.40. The predicted molar refractivity (Wildman–Crippen MR) is 86.6 cm³/mol. The Hall–Kier alpha value is -1.61. The Morgan fingerprint density at radius 1 is 1.33 bits per heavy atom. The highest BCUT2D eigenvalue weighted by atomic mass is 15.3. The van der Waals surface area contributed by atoms with Gasteiger partial charge in [-0.1, -0.05) is 31.2 Å². The van der Waals surface area contributed by atoms with Crippen molar-refractivity contribution < 1.29 is 0 Å². The van der Waals surface area contributed by atoms with E-state index in [0.29, 0.717) is 12.0 Å². The molecule has 1 aromatic heterocycles. The molecule has 0 aliphatic heterocycles. The first-order valence-corrected chi connectivity index (χ1v) is 8.08. The normalized spacial score (nSPS) is 18.1. The molecule has 1 aliphatic carbocycles.